The number of aromatic nitrogens is 3. The van der Waals surface area contributed by atoms with E-state index in [1.165, 1.54) is 0 Å². The smallest absolute Gasteiger partial charge is 0.228 e. The first-order valence-corrected chi connectivity index (χ1v) is 13.5. The van der Waals surface area contributed by atoms with E-state index in [4.69, 9.17) is 16.6 Å². The SMILES string of the molecule is Cc1cnn2c(NCc3cccc(NC(=O)C(Cc4ccccc4)C(C)C)c3)cc(-c3ccccc3Cl)nc12. The molecule has 0 saturated carbocycles. The Morgan fingerprint density at radius 3 is 2.46 bits per heavy atom. The molecule has 0 spiro atoms. The van der Waals surface area contributed by atoms with E-state index < -0.39 is 0 Å². The third kappa shape index (κ3) is 6.13. The molecule has 5 rings (SSSR count). The summed E-state index contributed by atoms with van der Waals surface area (Å²) >= 11 is 6.48. The van der Waals surface area contributed by atoms with Crippen molar-refractivity contribution in [2.45, 2.75) is 33.7 Å². The average molecular weight is 538 g/mol. The first-order valence-electron chi connectivity index (χ1n) is 13.2. The number of anilines is 2. The lowest BCUT2D eigenvalue weighted by Gasteiger charge is -2.21. The van der Waals surface area contributed by atoms with Gasteiger partial charge < -0.3 is 10.6 Å². The van der Waals surface area contributed by atoms with Gasteiger partial charge in [0.15, 0.2) is 5.65 Å². The highest BCUT2D eigenvalue weighted by Gasteiger charge is 2.23. The number of benzene rings is 3. The first kappa shape index (κ1) is 26.4. The predicted octanol–water partition coefficient (Wildman–Crippen LogP) is 7.42. The van der Waals surface area contributed by atoms with Gasteiger partial charge >= 0.3 is 0 Å². The lowest BCUT2D eigenvalue weighted by molar-refractivity contribution is -0.121. The molecule has 1 unspecified atom stereocenters. The Kier molecular flexibility index (Phi) is 7.94. The van der Waals surface area contributed by atoms with Gasteiger partial charge in [-0.1, -0.05) is 86.1 Å². The summed E-state index contributed by atoms with van der Waals surface area (Å²) in [6.45, 7) is 6.72. The standard InChI is InChI=1S/C32H32ClN5O/c1-21(2)27(17-23-10-5-4-6-11-23)32(39)36-25-13-9-12-24(16-25)20-34-30-18-29(26-14-7-8-15-28(26)33)37-31-22(3)19-35-38(30)31/h4-16,18-19,21,27,34H,17,20H2,1-3H3,(H,36,39). The van der Waals surface area contributed by atoms with Crippen molar-refractivity contribution in [1.82, 2.24) is 14.6 Å². The topological polar surface area (TPSA) is 71.3 Å². The van der Waals surface area contributed by atoms with Crippen LogP contribution in [0.2, 0.25) is 5.02 Å². The lowest BCUT2D eigenvalue weighted by atomic mass is 9.88. The molecule has 0 aliphatic heterocycles. The number of nitrogens with one attached hydrogen (secondary N) is 2. The maximum absolute atomic E-state index is 13.2. The maximum Gasteiger partial charge on any atom is 0.228 e. The van der Waals surface area contributed by atoms with Gasteiger partial charge in [-0.05, 0) is 48.6 Å². The van der Waals surface area contributed by atoms with Crippen LogP contribution in [0.3, 0.4) is 0 Å². The summed E-state index contributed by atoms with van der Waals surface area (Å²) in [5.74, 6) is 0.936. The maximum atomic E-state index is 13.2. The molecule has 0 saturated heterocycles. The predicted molar refractivity (Wildman–Crippen MR) is 159 cm³/mol. The molecule has 2 aromatic heterocycles. The molecule has 1 atom stereocenters. The van der Waals surface area contributed by atoms with Crippen LogP contribution in [0.5, 0.6) is 0 Å². The number of rotatable bonds is 9. The summed E-state index contributed by atoms with van der Waals surface area (Å²) in [4.78, 5) is 18.1. The van der Waals surface area contributed by atoms with E-state index in [2.05, 4.69) is 41.7 Å². The molecule has 0 aliphatic carbocycles. The Morgan fingerprint density at radius 2 is 1.69 bits per heavy atom. The molecule has 2 heterocycles. The second-order valence-corrected chi connectivity index (χ2v) is 10.6. The van der Waals surface area contributed by atoms with E-state index in [0.717, 1.165) is 45.1 Å². The first-order chi connectivity index (χ1) is 18.9. The minimum atomic E-state index is -0.120. The van der Waals surface area contributed by atoms with Crippen molar-refractivity contribution in [3.63, 3.8) is 0 Å². The normalized spacial score (nSPS) is 12.0. The molecule has 0 fully saturated rings. The molecule has 0 aliphatic rings. The molecule has 0 radical (unpaired) electrons. The van der Waals surface area contributed by atoms with E-state index in [9.17, 15) is 4.79 Å². The van der Waals surface area contributed by atoms with Crippen molar-refractivity contribution in [1.29, 1.82) is 0 Å². The van der Waals surface area contributed by atoms with E-state index in [0.29, 0.717) is 18.0 Å². The molecular formula is C32H32ClN5O. The van der Waals surface area contributed by atoms with Gasteiger partial charge in [0.2, 0.25) is 5.91 Å². The van der Waals surface area contributed by atoms with Crippen molar-refractivity contribution in [3.8, 4) is 11.3 Å². The molecule has 198 valence electrons. The number of aryl methyl sites for hydroxylation is 1. The summed E-state index contributed by atoms with van der Waals surface area (Å²) < 4.78 is 1.80. The molecule has 6 nitrogen and oxygen atoms in total. The molecule has 2 N–H and O–H groups in total. The zero-order valence-electron chi connectivity index (χ0n) is 22.4. The highest BCUT2D eigenvalue weighted by Crippen LogP contribution is 2.29. The Balaban J connectivity index is 1.34. The molecule has 39 heavy (non-hydrogen) atoms. The zero-order valence-corrected chi connectivity index (χ0v) is 23.1. The average Bonchev–Trinajstić information content (AvgIpc) is 3.31. The van der Waals surface area contributed by atoms with Crippen molar-refractivity contribution >= 4 is 34.7 Å². The van der Waals surface area contributed by atoms with Crippen LogP contribution in [0.4, 0.5) is 11.5 Å². The largest absolute Gasteiger partial charge is 0.366 e. The van der Waals surface area contributed by atoms with Crippen LogP contribution in [-0.4, -0.2) is 20.5 Å². The Bertz CT molecular complexity index is 1600. The summed E-state index contributed by atoms with van der Waals surface area (Å²) in [5.41, 5.74) is 6.37. The Morgan fingerprint density at radius 1 is 0.949 bits per heavy atom. The fraction of sp³-hybridized carbons (Fsp3) is 0.219. The number of fused-ring (bicyclic) bond motifs is 1. The third-order valence-corrected chi connectivity index (χ3v) is 7.24. The van der Waals surface area contributed by atoms with Gasteiger partial charge in [-0.2, -0.15) is 9.61 Å². The van der Waals surface area contributed by atoms with Crippen LogP contribution in [-0.2, 0) is 17.8 Å². The number of amides is 1. The zero-order chi connectivity index (χ0) is 27.4. The number of carbonyl (C=O) groups is 1. The fourth-order valence-corrected chi connectivity index (χ4v) is 4.92. The van der Waals surface area contributed by atoms with E-state index in [-0.39, 0.29) is 17.7 Å². The molecule has 5 aromatic rings. The molecular weight excluding hydrogens is 506 g/mol. The number of halogens is 1. The van der Waals surface area contributed by atoms with Crippen LogP contribution < -0.4 is 10.6 Å². The van der Waals surface area contributed by atoms with Crippen molar-refractivity contribution in [2.24, 2.45) is 11.8 Å². The van der Waals surface area contributed by atoms with Crippen LogP contribution in [0.25, 0.3) is 16.9 Å². The van der Waals surface area contributed by atoms with Gasteiger partial charge in [-0.25, -0.2) is 4.98 Å². The summed E-state index contributed by atoms with van der Waals surface area (Å²) in [6.07, 6.45) is 2.52. The Labute approximate surface area is 234 Å². The minimum absolute atomic E-state index is 0.0335. The van der Waals surface area contributed by atoms with Crippen LogP contribution in [0.15, 0.2) is 91.1 Å². The lowest BCUT2D eigenvalue weighted by Crippen LogP contribution is -2.28. The highest BCUT2D eigenvalue weighted by atomic mass is 35.5. The fourth-order valence-electron chi connectivity index (χ4n) is 4.69. The summed E-state index contributed by atoms with van der Waals surface area (Å²) in [5, 5.41) is 11.8. The van der Waals surface area contributed by atoms with Crippen molar-refractivity contribution in [3.05, 3.63) is 113 Å². The molecule has 1 amide bonds. The second-order valence-electron chi connectivity index (χ2n) is 10.2. The molecule has 3 aromatic carbocycles. The van der Waals surface area contributed by atoms with Gasteiger partial charge in [0.05, 0.1) is 11.9 Å². The molecule has 7 heteroatoms. The van der Waals surface area contributed by atoms with Gasteiger partial charge in [0.25, 0.3) is 0 Å². The number of nitrogens with zero attached hydrogens (tertiary/aromatic N) is 3. The monoisotopic (exact) mass is 537 g/mol. The van der Waals surface area contributed by atoms with Gasteiger partial charge in [0, 0.05) is 40.4 Å². The van der Waals surface area contributed by atoms with Crippen LogP contribution in [0.1, 0.15) is 30.5 Å². The number of hydrogen-bond donors (Lipinski definition) is 2. The number of carbonyl (C=O) groups excluding carboxylic acids is 1. The van der Waals surface area contributed by atoms with Gasteiger partial charge in [-0.15, -0.1) is 0 Å². The van der Waals surface area contributed by atoms with E-state index >= 15 is 0 Å². The van der Waals surface area contributed by atoms with Gasteiger partial charge in [0.1, 0.15) is 5.82 Å². The van der Waals surface area contributed by atoms with E-state index in [1.54, 1.807) is 10.7 Å². The van der Waals surface area contributed by atoms with Gasteiger partial charge in [-0.3, -0.25) is 4.79 Å². The Hall–Kier alpha value is -4.16. The van der Waals surface area contributed by atoms with Crippen LogP contribution >= 0.6 is 11.6 Å². The molecule has 0 bridgehead atoms. The van der Waals surface area contributed by atoms with Crippen molar-refractivity contribution in [2.75, 3.05) is 10.6 Å². The highest BCUT2D eigenvalue weighted by molar-refractivity contribution is 6.33. The summed E-state index contributed by atoms with van der Waals surface area (Å²) in [7, 11) is 0. The number of hydrogen-bond acceptors (Lipinski definition) is 4. The summed E-state index contributed by atoms with van der Waals surface area (Å²) in [6, 6.07) is 27.7. The second kappa shape index (κ2) is 11.7. The quantitative estimate of drug-likeness (QED) is 0.205. The van der Waals surface area contributed by atoms with E-state index in [1.807, 2.05) is 79.7 Å². The van der Waals surface area contributed by atoms with Crippen molar-refractivity contribution < 1.29 is 4.79 Å². The van der Waals surface area contributed by atoms with Crippen LogP contribution in [0, 0.1) is 18.8 Å². The minimum Gasteiger partial charge on any atom is -0.366 e. The third-order valence-electron chi connectivity index (χ3n) is 6.91.